The van der Waals surface area contributed by atoms with Gasteiger partial charge in [0.15, 0.2) is 0 Å². The topological polar surface area (TPSA) is 66.4 Å². The molecule has 2 atom stereocenters. The van der Waals surface area contributed by atoms with E-state index in [2.05, 4.69) is 21.2 Å². The van der Waals surface area contributed by atoms with Gasteiger partial charge in [-0.05, 0) is 37.1 Å². The first-order valence-electron chi connectivity index (χ1n) is 5.95. The minimum Gasteiger partial charge on any atom is -0.481 e. The zero-order valence-electron chi connectivity index (χ0n) is 10.4. The lowest BCUT2D eigenvalue weighted by atomic mass is 10.1. The van der Waals surface area contributed by atoms with Gasteiger partial charge in [-0.15, -0.1) is 0 Å². The average Bonchev–Trinajstić information content (AvgIpc) is 2.76. The van der Waals surface area contributed by atoms with Gasteiger partial charge in [-0.2, -0.15) is 0 Å². The fourth-order valence-corrected chi connectivity index (χ4v) is 2.72. The van der Waals surface area contributed by atoms with Gasteiger partial charge < -0.3 is 10.4 Å². The van der Waals surface area contributed by atoms with Crippen molar-refractivity contribution in [3.8, 4) is 0 Å². The van der Waals surface area contributed by atoms with Crippen molar-refractivity contribution in [2.45, 2.75) is 19.4 Å². The number of aryl methyl sites for hydroxylation is 1. The smallest absolute Gasteiger partial charge is 0.310 e. The Morgan fingerprint density at radius 1 is 1.32 bits per heavy atom. The van der Waals surface area contributed by atoms with Crippen LogP contribution < -0.4 is 5.32 Å². The van der Waals surface area contributed by atoms with Crippen molar-refractivity contribution in [3.05, 3.63) is 46.0 Å². The van der Waals surface area contributed by atoms with Crippen LogP contribution >= 0.6 is 15.9 Å². The maximum Gasteiger partial charge on any atom is 0.310 e. The molecule has 1 aromatic carbocycles. The van der Waals surface area contributed by atoms with E-state index in [0.29, 0.717) is 12.0 Å². The molecule has 2 N–H and O–H groups in total. The lowest BCUT2D eigenvalue weighted by molar-refractivity contribution is -0.140. The fraction of sp³-hybridized carbons (Fsp3) is 0.286. The lowest BCUT2D eigenvalue weighted by Gasteiger charge is -2.12. The van der Waals surface area contributed by atoms with Crippen molar-refractivity contribution in [2.75, 3.05) is 0 Å². The highest BCUT2D eigenvalue weighted by Crippen LogP contribution is 2.19. The van der Waals surface area contributed by atoms with Gasteiger partial charge in [0.25, 0.3) is 5.91 Å². The van der Waals surface area contributed by atoms with E-state index < -0.39 is 11.9 Å². The van der Waals surface area contributed by atoms with E-state index in [-0.39, 0.29) is 11.9 Å². The minimum atomic E-state index is -0.855. The number of carboxylic acids is 1. The third kappa shape index (κ3) is 3.44. The van der Waals surface area contributed by atoms with Crippen LogP contribution in [0.3, 0.4) is 0 Å². The average molecular weight is 324 g/mol. The van der Waals surface area contributed by atoms with Crippen LogP contribution in [0.4, 0.5) is 0 Å². The van der Waals surface area contributed by atoms with Crippen LogP contribution in [-0.2, 0) is 4.79 Å². The van der Waals surface area contributed by atoms with Crippen LogP contribution in [0, 0.1) is 12.8 Å². The van der Waals surface area contributed by atoms with Crippen molar-refractivity contribution in [1.29, 1.82) is 0 Å². The van der Waals surface area contributed by atoms with Crippen LogP contribution in [0.2, 0.25) is 0 Å². The molecule has 100 valence electrons. The third-order valence-corrected chi connectivity index (χ3v) is 3.48. The molecule has 0 heterocycles. The number of nitrogens with one attached hydrogen (secondary N) is 1. The molecule has 0 saturated carbocycles. The molecule has 5 heteroatoms. The number of hydrogen-bond acceptors (Lipinski definition) is 2. The molecule has 1 aliphatic rings. The Kier molecular flexibility index (Phi) is 4.04. The van der Waals surface area contributed by atoms with Crippen LogP contribution in [-0.4, -0.2) is 23.0 Å². The summed E-state index contributed by atoms with van der Waals surface area (Å²) in [5, 5.41) is 11.7. The zero-order valence-corrected chi connectivity index (χ0v) is 12.0. The van der Waals surface area contributed by atoms with Crippen molar-refractivity contribution >= 4 is 27.8 Å². The highest BCUT2D eigenvalue weighted by molar-refractivity contribution is 9.10. The minimum absolute atomic E-state index is 0.190. The van der Waals surface area contributed by atoms with E-state index in [1.165, 1.54) is 0 Å². The fourth-order valence-electron chi connectivity index (χ4n) is 2.11. The zero-order chi connectivity index (χ0) is 14.0. The molecule has 1 aromatic rings. The number of hydrogen-bond donors (Lipinski definition) is 2. The summed E-state index contributed by atoms with van der Waals surface area (Å²) in [4.78, 5) is 22.9. The van der Waals surface area contributed by atoms with E-state index in [1.807, 2.05) is 13.0 Å². The summed E-state index contributed by atoms with van der Waals surface area (Å²) in [5.41, 5.74) is 1.56. The molecule has 1 amide bonds. The van der Waals surface area contributed by atoms with E-state index in [4.69, 9.17) is 5.11 Å². The molecule has 0 fully saturated rings. The Balaban J connectivity index is 2.02. The number of carbonyl (C=O) groups excluding carboxylic acids is 1. The SMILES string of the molecule is Cc1cc(Br)cc(C(=O)NC2C=CC(C(=O)O)C2)c1. The molecule has 1 aliphatic carbocycles. The Labute approximate surface area is 119 Å². The lowest BCUT2D eigenvalue weighted by Crippen LogP contribution is -2.33. The Bertz CT molecular complexity index is 533. The van der Waals surface area contributed by atoms with E-state index in [9.17, 15) is 9.59 Å². The Morgan fingerprint density at radius 2 is 2.05 bits per heavy atom. The summed E-state index contributed by atoms with van der Waals surface area (Å²) >= 11 is 3.35. The van der Waals surface area contributed by atoms with E-state index >= 15 is 0 Å². The first-order valence-corrected chi connectivity index (χ1v) is 6.74. The van der Waals surface area contributed by atoms with E-state index in [1.54, 1.807) is 24.3 Å². The Hall–Kier alpha value is -1.62. The molecule has 0 aliphatic heterocycles. The van der Waals surface area contributed by atoms with Crippen LogP contribution in [0.1, 0.15) is 22.3 Å². The van der Waals surface area contributed by atoms with Crippen molar-refractivity contribution in [1.82, 2.24) is 5.32 Å². The van der Waals surface area contributed by atoms with Crippen molar-refractivity contribution in [2.24, 2.45) is 5.92 Å². The third-order valence-electron chi connectivity index (χ3n) is 3.02. The number of rotatable bonds is 3. The quantitative estimate of drug-likeness (QED) is 0.840. The molecule has 0 bridgehead atoms. The summed E-state index contributed by atoms with van der Waals surface area (Å²) in [6, 6.07) is 5.25. The van der Waals surface area contributed by atoms with Gasteiger partial charge in [0.1, 0.15) is 0 Å². The second-order valence-electron chi connectivity index (χ2n) is 4.66. The monoisotopic (exact) mass is 323 g/mol. The van der Waals surface area contributed by atoms with Gasteiger partial charge in [-0.1, -0.05) is 28.1 Å². The Morgan fingerprint density at radius 3 is 2.63 bits per heavy atom. The molecular formula is C14H14BrNO3. The van der Waals surface area contributed by atoms with Crippen molar-refractivity contribution < 1.29 is 14.7 Å². The van der Waals surface area contributed by atoms with Crippen molar-refractivity contribution in [3.63, 3.8) is 0 Å². The molecule has 2 unspecified atom stereocenters. The van der Waals surface area contributed by atoms with Gasteiger partial charge in [-0.25, -0.2) is 0 Å². The second kappa shape index (κ2) is 5.57. The first-order chi connectivity index (χ1) is 8.95. The predicted octanol–water partition coefficient (Wildman–Crippen LogP) is 2.52. The maximum absolute atomic E-state index is 12.1. The van der Waals surface area contributed by atoms with Gasteiger partial charge >= 0.3 is 5.97 Å². The molecule has 0 aromatic heterocycles. The molecule has 2 rings (SSSR count). The van der Waals surface area contributed by atoms with Gasteiger partial charge in [0.2, 0.25) is 0 Å². The number of halogens is 1. The van der Waals surface area contributed by atoms with Crippen LogP contribution in [0.25, 0.3) is 0 Å². The van der Waals surface area contributed by atoms with Gasteiger partial charge in [-0.3, -0.25) is 9.59 Å². The maximum atomic E-state index is 12.1. The standard InChI is InChI=1S/C14H14BrNO3/c1-8-4-10(6-11(15)5-8)13(17)16-12-3-2-9(7-12)14(18)19/h2-6,9,12H,7H2,1H3,(H,16,17)(H,18,19). The number of aliphatic carboxylic acids is 1. The number of carboxylic acid groups (broad SMARTS) is 1. The van der Waals surface area contributed by atoms with E-state index in [0.717, 1.165) is 10.0 Å². The predicted molar refractivity (Wildman–Crippen MR) is 75.0 cm³/mol. The van der Waals surface area contributed by atoms with Gasteiger partial charge in [0.05, 0.1) is 5.92 Å². The molecular weight excluding hydrogens is 310 g/mol. The second-order valence-corrected chi connectivity index (χ2v) is 5.58. The molecule has 0 spiro atoms. The highest BCUT2D eigenvalue weighted by atomic mass is 79.9. The van der Waals surface area contributed by atoms with Gasteiger partial charge in [0, 0.05) is 16.1 Å². The summed E-state index contributed by atoms with van der Waals surface area (Å²) in [7, 11) is 0. The van der Waals surface area contributed by atoms with Crippen LogP contribution in [0.5, 0.6) is 0 Å². The summed E-state index contributed by atoms with van der Waals surface area (Å²) in [6.45, 7) is 1.91. The number of carbonyl (C=O) groups is 2. The highest BCUT2D eigenvalue weighted by Gasteiger charge is 2.25. The number of benzene rings is 1. The molecule has 0 saturated heterocycles. The molecule has 0 radical (unpaired) electrons. The number of amides is 1. The largest absolute Gasteiger partial charge is 0.481 e. The van der Waals surface area contributed by atoms with Crippen LogP contribution in [0.15, 0.2) is 34.8 Å². The normalized spacial score (nSPS) is 21.4. The summed E-state index contributed by atoms with van der Waals surface area (Å²) < 4.78 is 0.850. The first kappa shape index (κ1) is 13.8. The summed E-state index contributed by atoms with van der Waals surface area (Å²) in [6.07, 6.45) is 3.77. The summed E-state index contributed by atoms with van der Waals surface area (Å²) in [5.74, 6) is -1.55. The molecule has 4 nitrogen and oxygen atoms in total. The molecule has 19 heavy (non-hydrogen) atoms.